The number of esters is 1. The van der Waals surface area contributed by atoms with E-state index in [-0.39, 0.29) is 5.91 Å². The van der Waals surface area contributed by atoms with Gasteiger partial charge in [0.2, 0.25) is 5.91 Å². The van der Waals surface area contributed by atoms with E-state index in [9.17, 15) is 9.59 Å². The standard InChI is InChI=1S/C30H32N2O4/c1-29(2,27(33)32-19-21-36-22-20-32)30(28(34)35-3,25-17-11-6-12-18-25)31-26(23-13-7-4-8-14-23)24-15-9-5-10-16-24/h4-18H,19-22H2,1-3H3/t30-/m1/s1. The smallest absolute Gasteiger partial charge is 0.339 e. The number of aliphatic imine (C=N–C) groups is 1. The van der Waals surface area contributed by atoms with Gasteiger partial charge in [-0.25, -0.2) is 4.79 Å². The quantitative estimate of drug-likeness (QED) is 0.366. The summed E-state index contributed by atoms with van der Waals surface area (Å²) in [6.45, 7) is 5.41. The number of amides is 1. The van der Waals surface area contributed by atoms with Gasteiger partial charge < -0.3 is 14.4 Å². The van der Waals surface area contributed by atoms with Crippen LogP contribution in [-0.2, 0) is 24.6 Å². The second-order valence-corrected chi connectivity index (χ2v) is 9.29. The number of nitrogens with zero attached hydrogens (tertiary/aromatic N) is 2. The molecule has 0 spiro atoms. The summed E-state index contributed by atoms with van der Waals surface area (Å²) in [5, 5.41) is 0. The monoisotopic (exact) mass is 484 g/mol. The van der Waals surface area contributed by atoms with Crippen molar-refractivity contribution in [3.05, 3.63) is 108 Å². The van der Waals surface area contributed by atoms with Crippen molar-refractivity contribution < 1.29 is 19.1 Å². The van der Waals surface area contributed by atoms with Gasteiger partial charge in [0, 0.05) is 24.2 Å². The van der Waals surface area contributed by atoms with Gasteiger partial charge in [-0.05, 0) is 19.4 Å². The Bertz CT molecular complexity index is 1160. The van der Waals surface area contributed by atoms with Crippen LogP contribution >= 0.6 is 0 Å². The van der Waals surface area contributed by atoms with E-state index >= 15 is 0 Å². The lowest BCUT2D eigenvalue weighted by atomic mass is 9.67. The molecule has 1 heterocycles. The molecule has 1 atom stereocenters. The Morgan fingerprint density at radius 1 is 0.806 bits per heavy atom. The minimum Gasteiger partial charge on any atom is -0.467 e. The first kappa shape index (κ1) is 25.3. The van der Waals surface area contributed by atoms with Crippen LogP contribution in [0.2, 0.25) is 0 Å². The van der Waals surface area contributed by atoms with Gasteiger partial charge in [0.1, 0.15) is 0 Å². The molecule has 1 aliphatic rings. The van der Waals surface area contributed by atoms with Crippen molar-refractivity contribution in [1.29, 1.82) is 0 Å². The predicted molar refractivity (Wildman–Crippen MR) is 140 cm³/mol. The van der Waals surface area contributed by atoms with Crippen molar-refractivity contribution in [3.63, 3.8) is 0 Å². The lowest BCUT2D eigenvalue weighted by molar-refractivity contribution is -0.163. The van der Waals surface area contributed by atoms with Gasteiger partial charge in [0.15, 0.2) is 5.54 Å². The maximum Gasteiger partial charge on any atom is 0.339 e. The lowest BCUT2D eigenvalue weighted by Gasteiger charge is -2.44. The van der Waals surface area contributed by atoms with Gasteiger partial charge in [-0.2, -0.15) is 0 Å². The minimum absolute atomic E-state index is 0.177. The van der Waals surface area contributed by atoms with Crippen LogP contribution in [0.4, 0.5) is 0 Å². The molecule has 6 heteroatoms. The average Bonchev–Trinajstić information content (AvgIpc) is 2.94. The van der Waals surface area contributed by atoms with Crippen molar-refractivity contribution in [1.82, 2.24) is 4.90 Å². The summed E-state index contributed by atoms with van der Waals surface area (Å²) in [5.74, 6) is -0.769. The molecule has 0 aromatic heterocycles. The SMILES string of the molecule is COC(=O)[C@](N=C(c1ccccc1)c1ccccc1)(c1ccccc1)C(C)(C)C(=O)N1CCOCC1. The number of rotatable bonds is 7. The zero-order valence-electron chi connectivity index (χ0n) is 21.0. The molecule has 1 fully saturated rings. The summed E-state index contributed by atoms with van der Waals surface area (Å²) in [6, 6.07) is 28.7. The van der Waals surface area contributed by atoms with E-state index in [1.807, 2.05) is 91.0 Å². The van der Waals surface area contributed by atoms with Crippen LogP contribution in [0.3, 0.4) is 0 Å². The summed E-state index contributed by atoms with van der Waals surface area (Å²) < 4.78 is 10.9. The van der Waals surface area contributed by atoms with Crippen molar-refractivity contribution in [2.45, 2.75) is 19.4 Å². The molecule has 186 valence electrons. The number of carbonyl (C=O) groups excluding carboxylic acids is 2. The molecule has 0 saturated carbocycles. The molecule has 4 rings (SSSR count). The number of morpholine rings is 1. The second-order valence-electron chi connectivity index (χ2n) is 9.29. The number of hydrogen-bond acceptors (Lipinski definition) is 5. The van der Waals surface area contributed by atoms with Gasteiger partial charge >= 0.3 is 5.97 Å². The molecular formula is C30H32N2O4. The van der Waals surface area contributed by atoms with E-state index < -0.39 is 16.9 Å². The summed E-state index contributed by atoms with van der Waals surface area (Å²) in [4.78, 5) is 35.0. The van der Waals surface area contributed by atoms with Crippen molar-refractivity contribution >= 4 is 17.6 Å². The van der Waals surface area contributed by atoms with Gasteiger partial charge in [-0.3, -0.25) is 9.79 Å². The van der Waals surface area contributed by atoms with Crippen LogP contribution in [0.1, 0.15) is 30.5 Å². The Kier molecular flexibility index (Phi) is 7.65. The topological polar surface area (TPSA) is 68.2 Å². The zero-order chi connectivity index (χ0) is 25.6. The van der Waals surface area contributed by atoms with E-state index in [4.69, 9.17) is 14.5 Å². The summed E-state index contributed by atoms with van der Waals surface area (Å²) in [7, 11) is 1.34. The third-order valence-electron chi connectivity index (χ3n) is 6.78. The van der Waals surface area contributed by atoms with E-state index in [1.165, 1.54) is 7.11 Å². The minimum atomic E-state index is -1.65. The van der Waals surface area contributed by atoms with Crippen LogP contribution in [0.25, 0.3) is 0 Å². The second kappa shape index (κ2) is 10.9. The lowest BCUT2D eigenvalue weighted by Crippen LogP contribution is -2.58. The van der Waals surface area contributed by atoms with Crippen LogP contribution in [0, 0.1) is 5.41 Å². The summed E-state index contributed by atoms with van der Waals surface area (Å²) in [6.07, 6.45) is 0. The highest BCUT2D eigenvalue weighted by molar-refractivity contribution is 6.14. The number of carbonyl (C=O) groups is 2. The Morgan fingerprint density at radius 3 is 1.75 bits per heavy atom. The fraction of sp³-hybridized carbons (Fsp3) is 0.300. The maximum atomic E-state index is 14.1. The Morgan fingerprint density at radius 2 is 1.28 bits per heavy atom. The molecule has 3 aromatic rings. The molecule has 3 aromatic carbocycles. The van der Waals surface area contributed by atoms with E-state index in [0.29, 0.717) is 37.6 Å². The van der Waals surface area contributed by atoms with E-state index in [0.717, 1.165) is 11.1 Å². The van der Waals surface area contributed by atoms with Crippen molar-refractivity contribution in [2.24, 2.45) is 10.4 Å². The molecule has 0 radical (unpaired) electrons. The molecule has 6 nitrogen and oxygen atoms in total. The van der Waals surface area contributed by atoms with Gasteiger partial charge in [-0.1, -0.05) is 91.0 Å². The maximum absolute atomic E-state index is 14.1. The van der Waals surface area contributed by atoms with Crippen molar-refractivity contribution in [3.8, 4) is 0 Å². The molecule has 36 heavy (non-hydrogen) atoms. The van der Waals surface area contributed by atoms with Crippen LogP contribution in [0.5, 0.6) is 0 Å². The molecule has 1 aliphatic heterocycles. The number of benzene rings is 3. The molecule has 1 amide bonds. The fourth-order valence-electron chi connectivity index (χ4n) is 4.78. The van der Waals surface area contributed by atoms with E-state index in [2.05, 4.69) is 0 Å². The highest BCUT2D eigenvalue weighted by Gasteiger charge is 2.59. The number of ether oxygens (including phenoxy) is 2. The third kappa shape index (κ3) is 4.69. The van der Waals surface area contributed by atoms with Crippen LogP contribution < -0.4 is 0 Å². The molecule has 1 saturated heterocycles. The van der Waals surface area contributed by atoms with Crippen LogP contribution in [0.15, 0.2) is 96.0 Å². The normalized spacial score (nSPS) is 15.5. The molecule has 0 aliphatic carbocycles. The van der Waals surface area contributed by atoms with Crippen LogP contribution in [-0.4, -0.2) is 55.9 Å². The largest absolute Gasteiger partial charge is 0.467 e. The molecule has 0 unspecified atom stereocenters. The fourth-order valence-corrected chi connectivity index (χ4v) is 4.78. The third-order valence-corrected chi connectivity index (χ3v) is 6.78. The van der Waals surface area contributed by atoms with E-state index in [1.54, 1.807) is 18.7 Å². The first-order valence-electron chi connectivity index (χ1n) is 12.1. The zero-order valence-corrected chi connectivity index (χ0v) is 21.0. The van der Waals surface area contributed by atoms with Gasteiger partial charge in [0.05, 0.1) is 31.5 Å². The Labute approximate surface area is 212 Å². The summed E-state index contributed by atoms with van der Waals surface area (Å²) in [5.41, 5.74) is -0.0706. The first-order valence-corrected chi connectivity index (χ1v) is 12.1. The molecular weight excluding hydrogens is 452 g/mol. The Balaban J connectivity index is 2.03. The molecule has 0 bridgehead atoms. The highest BCUT2D eigenvalue weighted by atomic mass is 16.5. The van der Waals surface area contributed by atoms with Crippen molar-refractivity contribution in [2.75, 3.05) is 33.4 Å². The van der Waals surface area contributed by atoms with Gasteiger partial charge in [-0.15, -0.1) is 0 Å². The average molecular weight is 485 g/mol. The number of methoxy groups -OCH3 is 1. The predicted octanol–water partition coefficient (Wildman–Crippen LogP) is 4.48. The van der Waals surface area contributed by atoms with Gasteiger partial charge in [0.25, 0.3) is 0 Å². The first-order chi connectivity index (χ1) is 17.4. The highest BCUT2D eigenvalue weighted by Crippen LogP contribution is 2.46. The number of hydrogen-bond donors (Lipinski definition) is 0. The summed E-state index contributed by atoms with van der Waals surface area (Å²) >= 11 is 0. The Hall–Kier alpha value is -3.77. The molecule has 0 N–H and O–H groups in total.